The van der Waals surface area contributed by atoms with Gasteiger partial charge in [-0.15, -0.1) is 0 Å². The SMILES string of the molecule is CN/C=C(\C=N)c1ccc(CNc2cc(-c3cnc4cc(OCCN5CCOC(F)(F)C5)ccn34)ncn2)cc1. The Morgan fingerprint density at radius 2 is 2.02 bits per heavy atom. The summed E-state index contributed by atoms with van der Waals surface area (Å²) in [5.41, 5.74) is 5.00. The summed E-state index contributed by atoms with van der Waals surface area (Å²) in [4.78, 5) is 14.9. The first-order valence-corrected chi connectivity index (χ1v) is 12.8. The zero-order valence-electron chi connectivity index (χ0n) is 22.0. The summed E-state index contributed by atoms with van der Waals surface area (Å²) in [6, 6.07) is 13.5. The number of aromatic nitrogens is 4. The molecule has 0 spiro atoms. The van der Waals surface area contributed by atoms with E-state index in [-0.39, 0.29) is 13.2 Å². The van der Waals surface area contributed by atoms with E-state index in [0.29, 0.717) is 42.5 Å². The van der Waals surface area contributed by atoms with E-state index in [1.54, 1.807) is 30.4 Å². The molecule has 0 atom stereocenters. The van der Waals surface area contributed by atoms with Crippen LogP contribution in [-0.2, 0) is 11.3 Å². The number of benzene rings is 1. The van der Waals surface area contributed by atoms with Gasteiger partial charge in [-0.2, -0.15) is 8.78 Å². The van der Waals surface area contributed by atoms with Crippen molar-refractivity contribution in [3.05, 3.63) is 78.5 Å². The second-order valence-corrected chi connectivity index (χ2v) is 9.22. The molecule has 1 aliphatic heterocycles. The smallest absolute Gasteiger partial charge is 0.368 e. The first-order chi connectivity index (χ1) is 19.4. The molecule has 1 aliphatic rings. The third-order valence-electron chi connectivity index (χ3n) is 6.44. The number of imidazole rings is 1. The van der Waals surface area contributed by atoms with Crippen molar-refractivity contribution in [3.8, 4) is 17.1 Å². The zero-order valence-corrected chi connectivity index (χ0v) is 22.0. The second kappa shape index (κ2) is 12.2. The van der Waals surface area contributed by atoms with E-state index in [0.717, 1.165) is 22.4 Å². The van der Waals surface area contributed by atoms with Crippen molar-refractivity contribution in [3.63, 3.8) is 0 Å². The highest BCUT2D eigenvalue weighted by molar-refractivity contribution is 6.08. The molecule has 3 aromatic heterocycles. The Morgan fingerprint density at radius 1 is 1.18 bits per heavy atom. The molecule has 3 N–H and O–H groups in total. The molecule has 5 rings (SSSR count). The Hall–Kier alpha value is -4.42. The maximum atomic E-state index is 13.4. The van der Waals surface area contributed by atoms with Gasteiger partial charge in [-0.1, -0.05) is 24.3 Å². The zero-order chi connectivity index (χ0) is 28.0. The van der Waals surface area contributed by atoms with E-state index in [9.17, 15) is 8.78 Å². The summed E-state index contributed by atoms with van der Waals surface area (Å²) in [5.74, 6) is 1.28. The van der Waals surface area contributed by atoms with E-state index < -0.39 is 12.7 Å². The maximum Gasteiger partial charge on any atom is 0.368 e. The van der Waals surface area contributed by atoms with Crippen LogP contribution in [0.5, 0.6) is 5.75 Å². The Morgan fingerprint density at radius 3 is 2.80 bits per heavy atom. The van der Waals surface area contributed by atoms with Crippen molar-refractivity contribution in [2.45, 2.75) is 12.7 Å². The van der Waals surface area contributed by atoms with Crippen LogP contribution in [0.2, 0.25) is 0 Å². The highest BCUT2D eigenvalue weighted by Gasteiger charge is 2.36. The Labute approximate surface area is 230 Å². The van der Waals surface area contributed by atoms with E-state index in [2.05, 4.69) is 30.3 Å². The molecule has 0 saturated carbocycles. The van der Waals surface area contributed by atoms with Gasteiger partial charge in [0.1, 0.15) is 30.1 Å². The number of alkyl halides is 2. The van der Waals surface area contributed by atoms with Crippen LogP contribution in [0.15, 0.2) is 67.4 Å². The van der Waals surface area contributed by atoms with Crippen LogP contribution in [0.4, 0.5) is 14.6 Å². The molecular weight excluding hydrogens is 518 g/mol. The molecule has 4 heterocycles. The van der Waals surface area contributed by atoms with E-state index in [1.807, 2.05) is 47.0 Å². The topological polar surface area (TPSA) is 113 Å². The number of anilines is 1. The lowest BCUT2D eigenvalue weighted by Crippen LogP contribution is -2.47. The third kappa shape index (κ3) is 6.58. The number of hydrogen-bond donors (Lipinski definition) is 3. The van der Waals surface area contributed by atoms with Gasteiger partial charge < -0.3 is 25.5 Å². The minimum Gasteiger partial charge on any atom is -0.492 e. The number of nitrogens with one attached hydrogen (secondary N) is 3. The largest absolute Gasteiger partial charge is 0.492 e. The number of morpholine rings is 1. The summed E-state index contributed by atoms with van der Waals surface area (Å²) < 4.78 is 39.0. The van der Waals surface area contributed by atoms with Gasteiger partial charge >= 0.3 is 6.11 Å². The lowest BCUT2D eigenvalue weighted by atomic mass is 10.1. The monoisotopic (exact) mass is 548 g/mol. The van der Waals surface area contributed by atoms with Gasteiger partial charge in [0.25, 0.3) is 0 Å². The van der Waals surface area contributed by atoms with Gasteiger partial charge in [0.2, 0.25) is 0 Å². The van der Waals surface area contributed by atoms with Crippen molar-refractivity contribution in [2.24, 2.45) is 0 Å². The third-order valence-corrected chi connectivity index (χ3v) is 6.44. The standard InChI is InChI=1S/C28H30F2N8O2/c1-32-16-22(14-31)21-4-2-20(3-5-21)15-33-26-13-24(35-19-36-26)25-17-34-27-12-23(6-7-38(25)27)39-10-8-37-9-11-40-28(29,30)18-37/h2-7,12-14,16-17,19,31-32H,8-11,15,18H2,1H3,(H,33,35,36)/b22-16+,31-14?. The first kappa shape index (κ1) is 27.2. The average Bonchev–Trinajstić information content (AvgIpc) is 3.38. The van der Waals surface area contributed by atoms with Gasteiger partial charge in [-0.3, -0.25) is 9.30 Å². The molecule has 4 aromatic rings. The van der Waals surface area contributed by atoms with Gasteiger partial charge in [0.15, 0.2) is 0 Å². The highest BCUT2D eigenvalue weighted by atomic mass is 19.3. The average molecular weight is 549 g/mol. The van der Waals surface area contributed by atoms with Gasteiger partial charge in [0.05, 0.1) is 30.7 Å². The molecule has 208 valence electrons. The van der Waals surface area contributed by atoms with Crippen LogP contribution < -0.4 is 15.4 Å². The first-order valence-electron chi connectivity index (χ1n) is 12.8. The molecule has 0 radical (unpaired) electrons. The van der Waals surface area contributed by atoms with Gasteiger partial charge in [-0.25, -0.2) is 15.0 Å². The fraction of sp³-hybridized carbons (Fsp3) is 0.286. The summed E-state index contributed by atoms with van der Waals surface area (Å²) in [6.07, 6.45) is 5.08. The molecular formula is C28H30F2N8O2. The minimum absolute atomic E-state index is 0.00523. The van der Waals surface area contributed by atoms with Crippen LogP contribution in [0.3, 0.4) is 0 Å². The van der Waals surface area contributed by atoms with Crippen LogP contribution >= 0.6 is 0 Å². The van der Waals surface area contributed by atoms with Crippen LogP contribution in [0.25, 0.3) is 22.6 Å². The highest BCUT2D eigenvalue weighted by Crippen LogP contribution is 2.24. The molecule has 40 heavy (non-hydrogen) atoms. The predicted molar refractivity (Wildman–Crippen MR) is 149 cm³/mol. The summed E-state index contributed by atoms with van der Waals surface area (Å²) in [5, 5.41) is 13.8. The molecule has 1 fully saturated rings. The normalized spacial score (nSPS) is 15.6. The summed E-state index contributed by atoms with van der Waals surface area (Å²) in [6.45, 7) is 1.25. The molecule has 0 bridgehead atoms. The number of rotatable bonds is 11. The molecule has 0 aliphatic carbocycles. The number of fused-ring (bicyclic) bond motifs is 1. The van der Waals surface area contributed by atoms with E-state index in [4.69, 9.17) is 10.1 Å². The summed E-state index contributed by atoms with van der Waals surface area (Å²) in [7, 11) is 1.81. The molecule has 12 heteroatoms. The number of hydrogen-bond acceptors (Lipinski definition) is 9. The van der Waals surface area contributed by atoms with Crippen molar-refractivity contribution < 1.29 is 18.3 Å². The van der Waals surface area contributed by atoms with E-state index >= 15 is 0 Å². The number of allylic oxidation sites excluding steroid dienone is 1. The fourth-order valence-corrected chi connectivity index (χ4v) is 4.40. The quantitative estimate of drug-likeness (QED) is 0.242. The molecule has 0 unspecified atom stereocenters. The van der Waals surface area contributed by atoms with Crippen molar-refractivity contribution >= 4 is 23.3 Å². The summed E-state index contributed by atoms with van der Waals surface area (Å²) >= 11 is 0. The van der Waals surface area contributed by atoms with Crippen LogP contribution in [0, 0.1) is 5.41 Å². The van der Waals surface area contributed by atoms with Crippen LogP contribution in [-0.4, -0.2) is 76.5 Å². The molecule has 0 amide bonds. The Bertz CT molecular complexity index is 1490. The van der Waals surface area contributed by atoms with Crippen molar-refractivity contribution in [1.29, 1.82) is 5.41 Å². The number of ether oxygens (including phenoxy) is 2. The lowest BCUT2D eigenvalue weighted by Gasteiger charge is -2.31. The molecule has 1 aromatic carbocycles. The van der Waals surface area contributed by atoms with Crippen LogP contribution in [0.1, 0.15) is 11.1 Å². The Balaban J connectivity index is 1.20. The van der Waals surface area contributed by atoms with Crippen molar-refractivity contribution in [1.82, 2.24) is 29.6 Å². The Kier molecular flexibility index (Phi) is 8.27. The van der Waals surface area contributed by atoms with Gasteiger partial charge in [0, 0.05) is 63.0 Å². The number of pyridine rings is 1. The van der Waals surface area contributed by atoms with E-state index in [1.165, 1.54) is 12.5 Å². The molecule has 10 nitrogen and oxygen atoms in total. The minimum atomic E-state index is -3.11. The number of halogens is 2. The number of nitrogens with zero attached hydrogens (tertiary/aromatic N) is 5. The lowest BCUT2D eigenvalue weighted by molar-refractivity contribution is -0.270. The molecule has 1 saturated heterocycles. The fourth-order valence-electron chi connectivity index (χ4n) is 4.40. The van der Waals surface area contributed by atoms with Crippen molar-refractivity contribution in [2.75, 3.05) is 45.2 Å². The van der Waals surface area contributed by atoms with Gasteiger partial charge in [-0.05, 0) is 17.2 Å². The maximum absolute atomic E-state index is 13.4. The second-order valence-electron chi connectivity index (χ2n) is 9.22. The predicted octanol–water partition coefficient (Wildman–Crippen LogP) is 3.92.